The molecule has 2 aromatic rings. The van der Waals surface area contributed by atoms with Crippen molar-refractivity contribution in [2.75, 3.05) is 18.8 Å². The van der Waals surface area contributed by atoms with Gasteiger partial charge in [0.05, 0.1) is 4.90 Å². The Kier molecular flexibility index (Phi) is 8.34. The fourth-order valence-corrected chi connectivity index (χ4v) is 4.20. The number of sulfonamides is 1. The summed E-state index contributed by atoms with van der Waals surface area (Å²) < 4.78 is 27.0. The van der Waals surface area contributed by atoms with Gasteiger partial charge in [0.25, 0.3) is 0 Å². The summed E-state index contributed by atoms with van der Waals surface area (Å²) in [4.78, 5) is 13.2. The highest BCUT2D eigenvalue weighted by molar-refractivity contribution is 7.99. The van der Waals surface area contributed by atoms with Crippen LogP contribution in [0.4, 0.5) is 0 Å². The third-order valence-electron chi connectivity index (χ3n) is 3.94. The Morgan fingerprint density at radius 3 is 2.30 bits per heavy atom. The van der Waals surface area contributed by atoms with Crippen molar-refractivity contribution < 1.29 is 13.2 Å². The second kappa shape index (κ2) is 10.5. The van der Waals surface area contributed by atoms with Crippen molar-refractivity contribution in [1.29, 1.82) is 0 Å². The van der Waals surface area contributed by atoms with E-state index in [1.165, 1.54) is 0 Å². The first-order valence-electron chi connectivity index (χ1n) is 8.92. The van der Waals surface area contributed by atoms with Crippen molar-refractivity contribution in [2.45, 2.75) is 36.0 Å². The molecule has 2 rings (SSSR count). The quantitative estimate of drug-likeness (QED) is 0.468. The predicted octanol–water partition coefficient (Wildman–Crippen LogP) is 3.39. The Bertz CT molecular complexity index is 820. The number of rotatable bonds is 10. The molecule has 0 atom stereocenters. The van der Waals surface area contributed by atoms with E-state index in [0.29, 0.717) is 12.5 Å². The van der Waals surface area contributed by atoms with E-state index in [2.05, 4.69) is 23.9 Å². The van der Waals surface area contributed by atoms with E-state index in [1.54, 1.807) is 23.9 Å². The van der Waals surface area contributed by atoms with Gasteiger partial charge in [-0.3, -0.25) is 4.79 Å². The number of benzene rings is 2. The molecule has 0 radical (unpaired) electrons. The molecule has 0 aliphatic heterocycles. The molecule has 146 valence electrons. The molecule has 0 saturated heterocycles. The van der Waals surface area contributed by atoms with Gasteiger partial charge < -0.3 is 5.32 Å². The number of hydrogen-bond acceptors (Lipinski definition) is 4. The second-order valence-electron chi connectivity index (χ2n) is 6.38. The number of thioether (sulfide) groups is 1. The Morgan fingerprint density at radius 2 is 1.67 bits per heavy atom. The number of nitrogens with one attached hydrogen (secondary N) is 2. The predicted molar refractivity (Wildman–Crippen MR) is 111 cm³/mol. The lowest BCUT2D eigenvalue weighted by atomic mass is 10.0. The van der Waals surface area contributed by atoms with Crippen LogP contribution in [0.2, 0.25) is 0 Å². The van der Waals surface area contributed by atoms with Crippen molar-refractivity contribution in [3.05, 3.63) is 60.2 Å². The van der Waals surface area contributed by atoms with Gasteiger partial charge in [-0.15, -0.1) is 11.8 Å². The van der Waals surface area contributed by atoms with Gasteiger partial charge in [0.2, 0.25) is 15.9 Å². The van der Waals surface area contributed by atoms with E-state index in [-0.39, 0.29) is 23.8 Å². The van der Waals surface area contributed by atoms with Crippen molar-refractivity contribution in [2.24, 2.45) is 0 Å². The molecule has 2 N–H and O–H groups in total. The molecule has 0 aromatic heterocycles. The standard InChI is InChI=1S/C20H26N2O3S2/c1-16(2)17-8-10-19(11-9-17)27(24,25)22-13-12-20(23)21-14-15-26-18-6-4-3-5-7-18/h3-11,16,22H,12-15H2,1-2H3,(H,21,23). The number of amides is 1. The maximum absolute atomic E-state index is 12.3. The molecule has 0 heterocycles. The van der Waals surface area contributed by atoms with Crippen LogP contribution in [0, 0.1) is 0 Å². The largest absolute Gasteiger partial charge is 0.355 e. The highest BCUT2D eigenvalue weighted by atomic mass is 32.2. The SMILES string of the molecule is CC(C)c1ccc(S(=O)(=O)NCCC(=O)NCCSc2ccccc2)cc1. The summed E-state index contributed by atoms with van der Waals surface area (Å²) in [5.74, 6) is 0.948. The maximum Gasteiger partial charge on any atom is 0.240 e. The van der Waals surface area contributed by atoms with Gasteiger partial charge in [0.1, 0.15) is 0 Å². The monoisotopic (exact) mass is 406 g/mol. The van der Waals surface area contributed by atoms with Gasteiger partial charge in [-0.1, -0.05) is 44.2 Å². The van der Waals surface area contributed by atoms with Crippen molar-refractivity contribution in [3.63, 3.8) is 0 Å². The maximum atomic E-state index is 12.3. The number of hydrogen-bond donors (Lipinski definition) is 2. The lowest BCUT2D eigenvalue weighted by molar-refractivity contribution is -0.120. The molecular weight excluding hydrogens is 380 g/mol. The molecule has 27 heavy (non-hydrogen) atoms. The minimum Gasteiger partial charge on any atom is -0.355 e. The average molecular weight is 407 g/mol. The molecule has 7 heteroatoms. The lowest BCUT2D eigenvalue weighted by Crippen LogP contribution is -2.31. The Balaban J connectivity index is 1.69. The van der Waals surface area contributed by atoms with Crippen molar-refractivity contribution in [1.82, 2.24) is 10.0 Å². The third kappa shape index (κ3) is 7.36. The van der Waals surface area contributed by atoms with Crippen LogP contribution >= 0.6 is 11.8 Å². The Labute approximate surface area is 166 Å². The van der Waals surface area contributed by atoms with E-state index in [9.17, 15) is 13.2 Å². The molecule has 5 nitrogen and oxygen atoms in total. The van der Waals surface area contributed by atoms with Crippen LogP contribution in [-0.2, 0) is 14.8 Å². The van der Waals surface area contributed by atoms with E-state index in [0.717, 1.165) is 16.2 Å². The van der Waals surface area contributed by atoms with Crippen LogP contribution in [0.3, 0.4) is 0 Å². The first kappa shape index (κ1) is 21.5. The number of carbonyl (C=O) groups excluding carboxylic acids is 1. The topological polar surface area (TPSA) is 75.3 Å². The zero-order valence-corrected chi connectivity index (χ0v) is 17.3. The summed E-state index contributed by atoms with van der Waals surface area (Å²) in [7, 11) is -3.59. The van der Waals surface area contributed by atoms with Crippen LogP contribution in [0.15, 0.2) is 64.4 Å². The molecule has 0 fully saturated rings. The van der Waals surface area contributed by atoms with E-state index in [1.807, 2.05) is 42.5 Å². The molecule has 0 spiro atoms. The van der Waals surface area contributed by atoms with Gasteiger partial charge in [0, 0.05) is 30.2 Å². The molecule has 0 aliphatic carbocycles. The van der Waals surface area contributed by atoms with Crippen molar-refractivity contribution >= 4 is 27.7 Å². The fourth-order valence-electron chi connectivity index (χ4n) is 2.38. The fraction of sp³-hybridized carbons (Fsp3) is 0.350. The summed E-state index contributed by atoms with van der Waals surface area (Å²) in [6, 6.07) is 16.8. The van der Waals surface area contributed by atoms with Crippen LogP contribution in [0.25, 0.3) is 0 Å². The summed E-state index contributed by atoms with van der Waals surface area (Å²) in [6.45, 7) is 4.73. The van der Waals surface area contributed by atoms with Gasteiger partial charge in [-0.2, -0.15) is 0 Å². The zero-order chi connectivity index (χ0) is 19.7. The summed E-state index contributed by atoms with van der Waals surface area (Å²) in [5.41, 5.74) is 1.08. The second-order valence-corrected chi connectivity index (χ2v) is 9.32. The van der Waals surface area contributed by atoms with Crippen LogP contribution in [-0.4, -0.2) is 33.2 Å². The average Bonchev–Trinajstić information content (AvgIpc) is 2.66. The smallest absolute Gasteiger partial charge is 0.240 e. The highest BCUT2D eigenvalue weighted by Crippen LogP contribution is 2.17. The first-order chi connectivity index (χ1) is 12.9. The normalized spacial score (nSPS) is 11.5. The molecule has 0 aliphatic rings. The molecule has 0 bridgehead atoms. The zero-order valence-electron chi connectivity index (χ0n) is 15.6. The minimum absolute atomic E-state index is 0.0753. The van der Waals surface area contributed by atoms with E-state index in [4.69, 9.17) is 0 Å². The van der Waals surface area contributed by atoms with Gasteiger partial charge in [-0.25, -0.2) is 13.1 Å². The Morgan fingerprint density at radius 1 is 1.00 bits per heavy atom. The molecule has 1 amide bonds. The minimum atomic E-state index is -3.59. The van der Waals surface area contributed by atoms with Gasteiger partial charge in [0.15, 0.2) is 0 Å². The van der Waals surface area contributed by atoms with E-state index < -0.39 is 10.0 Å². The first-order valence-corrected chi connectivity index (χ1v) is 11.4. The Hall–Kier alpha value is -1.83. The molecule has 0 saturated carbocycles. The summed E-state index contributed by atoms with van der Waals surface area (Å²) >= 11 is 1.66. The van der Waals surface area contributed by atoms with Crippen molar-refractivity contribution in [3.8, 4) is 0 Å². The van der Waals surface area contributed by atoms with E-state index >= 15 is 0 Å². The highest BCUT2D eigenvalue weighted by Gasteiger charge is 2.14. The lowest BCUT2D eigenvalue weighted by Gasteiger charge is -2.09. The van der Waals surface area contributed by atoms with Crippen LogP contribution in [0.5, 0.6) is 0 Å². The number of carbonyl (C=O) groups is 1. The van der Waals surface area contributed by atoms with Crippen LogP contribution < -0.4 is 10.0 Å². The summed E-state index contributed by atoms with van der Waals surface area (Å²) in [6.07, 6.45) is 0.110. The van der Waals surface area contributed by atoms with Crippen LogP contribution in [0.1, 0.15) is 31.7 Å². The molecule has 2 aromatic carbocycles. The summed E-state index contributed by atoms with van der Waals surface area (Å²) in [5, 5.41) is 2.80. The van der Waals surface area contributed by atoms with Gasteiger partial charge in [-0.05, 0) is 35.7 Å². The molecular formula is C20H26N2O3S2. The van der Waals surface area contributed by atoms with Gasteiger partial charge >= 0.3 is 0 Å². The molecule has 0 unspecified atom stereocenters. The third-order valence-corrected chi connectivity index (χ3v) is 6.43.